The third-order valence-electron chi connectivity index (χ3n) is 1.38. The van der Waals surface area contributed by atoms with E-state index >= 15 is 0 Å². The summed E-state index contributed by atoms with van der Waals surface area (Å²) in [7, 11) is 0. The number of hydrogen-bond donors (Lipinski definition) is 1. The van der Waals surface area contributed by atoms with E-state index in [-0.39, 0.29) is 11.1 Å². The molecule has 0 saturated carbocycles. The Hall–Kier alpha value is -1.45. The average molecular weight is 155 g/mol. The first kappa shape index (κ1) is 7.65. The van der Waals surface area contributed by atoms with Crippen molar-refractivity contribution in [2.75, 3.05) is 0 Å². The summed E-state index contributed by atoms with van der Waals surface area (Å²) in [5, 5.41) is 8.48. The van der Waals surface area contributed by atoms with E-state index in [1.165, 1.54) is 6.92 Å². The third kappa shape index (κ3) is 1.34. The Morgan fingerprint density at radius 3 is 2.73 bits per heavy atom. The van der Waals surface area contributed by atoms with Gasteiger partial charge in [-0.25, -0.2) is 9.18 Å². The van der Waals surface area contributed by atoms with Crippen LogP contribution in [-0.2, 0) is 0 Å². The van der Waals surface area contributed by atoms with Crippen molar-refractivity contribution in [1.82, 2.24) is 4.98 Å². The first-order valence-electron chi connectivity index (χ1n) is 2.96. The zero-order chi connectivity index (χ0) is 8.43. The molecule has 0 unspecified atom stereocenters. The number of carboxylic acids is 1. The van der Waals surface area contributed by atoms with E-state index in [1.807, 2.05) is 0 Å². The van der Waals surface area contributed by atoms with Gasteiger partial charge < -0.3 is 5.11 Å². The van der Waals surface area contributed by atoms with Crippen molar-refractivity contribution < 1.29 is 14.3 Å². The van der Waals surface area contributed by atoms with Crippen molar-refractivity contribution >= 4 is 5.97 Å². The zero-order valence-electron chi connectivity index (χ0n) is 5.84. The first-order valence-corrected chi connectivity index (χ1v) is 2.96. The lowest BCUT2D eigenvalue weighted by atomic mass is 10.1. The van der Waals surface area contributed by atoms with Gasteiger partial charge in [0.15, 0.2) is 0 Å². The van der Waals surface area contributed by atoms with Crippen molar-refractivity contribution in [1.29, 1.82) is 0 Å². The van der Waals surface area contributed by atoms with Gasteiger partial charge in [0.25, 0.3) is 0 Å². The summed E-state index contributed by atoms with van der Waals surface area (Å²) in [6, 6.07) is 0. The second-order valence-corrected chi connectivity index (χ2v) is 2.10. The molecule has 0 saturated heterocycles. The van der Waals surface area contributed by atoms with Gasteiger partial charge in [-0.05, 0) is 6.92 Å². The summed E-state index contributed by atoms with van der Waals surface area (Å²) >= 11 is 0. The first-order chi connectivity index (χ1) is 5.13. The van der Waals surface area contributed by atoms with E-state index in [9.17, 15) is 9.18 Å². The number of halogens is 1. The van der Waals surface area contributed by atoms with Crippen molar-refractivity contribution in [3.63, 3.8) is 0 Å². The van der Waals surface area contributed by atoms with Crippen molar-refractivity contribution in [3.8, 4) is 0 Å². The monoisotopic (exact) mass is 155 g/mol. The van der Waals surface area contributed by atoms with E-state index in [4.69, 9.17) is 5.11 Å². The maximum absolute atomic E-state index is 12.6. The largest absolute Gasteiger partial charge is 0.478 e. The molecule has 11 heavy (non-hydrogen) atoms. The van der Waals surface area contributed by atoms with E-state index in [1.54, 1.807) is 0 Å². The molecule has 1 aromatic heterocycles. The van der Waals surface area contributed by atoms with E-state index in [2.05, 4.69) is 4.98 Å². The van der Waals surface area contributed by atoms with Crippen molar-refractivity contribution in [3.05, 3.63) is 29.3 Å². The molecule has 58 valence electrons. The van der Waals surface area contributed by atoms with Crippen LogP contribution >= 0.6 is 0 Å². The molecule has 0 atom stereocenters. The number of carboxylic acid groups (broad SMARTS) is 1. The van der Waals surface area contributed by atoms with Crippen LogP contribution in [-0.4, -0.2) is 16.1 Å². The van der Waals surface area contributed by atoms with Gasteiger partial charge in [0, 0.05) is 11.8 Å². The van der Waals surface area contributed by atoms with Gasteiger partial charge in [0.2, 0.25) is 0 Å². The maximum atomic E-state index is 12.6. The van der Waals surface area contributed by atoms with Crippen LogP contribution in [0.5, 0.6) is 0 Å². The Kier molecular flexibility index (Phi) is 1.85. The van der Waals surface area contributed by atoms with Gasteiger partial charge in [0.1, 0.15) is 5.82 Å². The van der Waals surface area contributed by atoms with Crippen LogP contribution in [0.1, 0.15) is 15.9 Å². The molecule has 0 aromatic carbocycles. The minimum atomic E-state index is -1.16. The number of carbonyl (C=O) groups is 1. The van der Waals surface area contributed by atoms with Gasteiger partial charge in [0.05, 0.1) is 11.8 Å². The minimum absolute atomic E-state index is 0.0926. The lowest BCUT2D eigenvalue weighted by Crippen LogP contribution is -2.02. The zero-order valence-corrected chi connectivity index (χ0v) is 5.84. The number of nitrogens with zero attached hydrogens (tertiary/aromatic N) is 1. The van der Waals surface area contributed by atoms with Crippen LogP contribution < -0.4 is 0 Å². The van der Waals surface area contributed by atoms with Crippen molar-refractivity contribution in [2.24, 2.45) is 0 Å². The molecule has 1 aromatic rings. The Morgan fingerprint density at radius 1 is 1.64 bits per heavy atom. The molecular weight excluding hydrogens is 149 g/mol. The number of hydrogen-bond acceptors (Lipinski definition) is 2. The normalized spacial score (nSPS) is 9.64. The fraction of sp³-hybridized carbons (Fsp3) is 0.143. The summed E-state index contributed by atoms with van der Waals surface area (Å²) in [5.41, 5.74) is 0.0255. The number of aromatic carboxylic acids is 1. The number of rotatable bonds is 1. The fourth-order valence-corrected chi connectivity index (χ4v) is 0.715. The predicted molar refractivity (Wildman–Crippen MR) is 35.9 cm³/mol. The molecule has 1 heterocycles. The molecular formula is C7H6FNO2. The smallest absolute Gasteiger partial charge is 0.337 e. The molecule has 0 aliphatic carbocycles. The summed E-state index contributed by atoms with van der Waals surface area (Å²) in [6.45, 7) is 1.40. The molecule has 1 N–H and O–H groups in total. The van der Waals surface area contributed by atoms with Gasteiger partial charge in [-0.15, -0.1) is 0 Å². The number of pyridine rings is 1. The van der Waals surface area contributed by atoms with Crippen LogP contribution in [0.25, 0.3) is 0 Å². The lowest BCUT2D eigenvalue weighted by molar-refractivity contribution is 0.0695. The highest BCUT2D eigenvalue weighted by Crippen LogP contribution is 2.09. The third-order valence-corrected chi connectivity index (χ3v) is 1.38. The van der Waals surface area contributed by atoms with E-state index in [0.717, 1.165) is 12.4 Å². The van der Waals surface area contributed by atoms with Crippen LogP contribution in [0.2, 0.25) is 0 Å². The minimum Gasteiger partial charge on any atom is -0.478 e. The Bertz CT molecular complexity index is 298. The molecule has 0 aliphatic rings. The van der Waals surface area contributed by atoms with Crippen molar-refractivity contribution in [2.45, 2.75) is 6.92 Å². The highest BCUT2D eigenvalue weighted by Gasteiger charge is 2.09. The maximum Gasteiger partial charge on any atom is 0.337 e. The second-order valence-electron chi connectivity index (χ2n) is 2.10. The topological polar surface area (TPSA) is 50.2 Å². The van der Waals surface area contributed by atoms with Gasteiger partial charge in [-0.2, -0.15) is 0 Å². The van der Waals surface area contributed by atoms with Gasteiger partial charge >= 0.3 is 5.97 Å². The SMILES string of the molecule is Cc1c(F)cncc1C(=O)O. The highest BCUT2D eigenvalue weighted by atomic mass is 19.1. The Labute approximate surface area is 62.5 Å². The molecule has 4 heteroatoms. The Morgan fingerprint density at radius 2 is 2.27 bits per heavy atom. The summed E-state index contributed by atoms with van der Waals surface area (Å²) in [5.74, 6) is -1.75. The molecule has 1 rings (SSSR count). The second kappa shape index (κ2) is 2.65. The Balaban J connectivity index is 3.27. The van der Waals surface area contributed by atoms with Crippen LogP contribution in [0, 0.1) is 12.7 Å². The van der Waals surface area contributed by atoms with Gasteiger partial charge in [-0.3, -0.25) is 4.98 Å². The highest BCUT2D eigenvalue weighted by molar-refractivity contribution is 5.88. The standard InChI is InChI=1S/C7H6FNO2/c1-4-5(7(10)11)2-9-3-6(4)8/h2-3H,1H3,(H,10,11). The summed E-state index contributed by atoms with van der Waals surface area (Å²) in [4.78, 5) is 13.8. The molecule has 0 fully saturated rings. The lowest BCUT2D eigenvalue weighted by Gasteiger charge is -1.98. The molecule has 0 spiro atoms. The predicted octanol–water partition coefficient (Wildman–Crippen LogP) is 1.23. The van der Waals surface area contributed by atoms with Crippen LogP contribution in [0.3, 0.4) is 0 Å². The fourth-order valence-electron chi connectivity index (χ4n) is 0.715. The number of aromatic nitrogens is 1. The average Bonchev–Trinajstić information content (AvgIpc) is 1.94. The summed E-state index contributed by atoms with van der Waals surface area (Å²) in [6.07, 6.45) is 2.11. The molecule has 0 radical (unpaired) electrons. The molecule has 3 nitrogen and oxygen atoms in total. The molecule has 0 aliphatic heterocycles. The van der Waals surface area contributed by atoms with Crippen LogP contribution in [0.4, 0.5) is 4.39 Å². The van der Waals surface area contributed by atoms with Gasteiger partial charge in [-0.1, -0.05) is 0 Å². The summed E-state index contributed by atoms with van der Waals surface area (Å²) < 4.78 is 12.6. The van der Waals surface area contributed by atoms with E-state index < -0.39 is 11.8 Å². The van der Waals surface area contributed by atoms with E-state index in [0.29, 0.717) is 0 Å². The molecule has 0 amide bonds. The quantitative estimate of drug-likeness (QED) is 0.663. The molecule has 0 bridgehead atoms. The van der Waals surface area contributed by atoms with Crippen LogP contribution in [0.15, 0.2) is 12.4 Å².